The first-order valence-electron chi connectivity index (χ1n) is 5.85. The van der Waals surface area contributed by atoms with E-state index >= 15 is 0 Å². The van der Waals surface area contributed by atoms with E-state index in [1.165, 1.54) is 0 Å². The van der Waals surface area contributed by atoms with Gasteiger partial charge in [-0.1, -0.05) is 18.2 Å². The number of aromatic nitrogens is 2. The van der Waals surface area contributed by atoms with E-state index in [4.69, 9.17) is 15.2 Å². The molecule has 0 saturated heterocycles. The van der Waals surface area contributed by atoms with Crippen LogP contribution in [0.1, 0.15) is 11.3 Å². The molecular weight excluding hydrogens is 230 g/mol. The molecule has 1 heterocycles. The second-order valence-electron chi connectivity index (χ2n) is 3.90. The maximum absolute atomic E-state index is 5.62. The second-order valence-corrected chi connectivity index (χ2v) is 3.90. The Bertz CT molecular complexity index is 496. The van der Waals surface area contributed by atoms with Crippen molar-refractivity contribution in [3.63, 3.8) is 0 Å². The Morgan fingerprint density at radius 2 is 2.00 bits per heavy atom. The summed E-state index contributed by atoms with van der Waals surface area (Å²) in [5, 5.41) is 6.78. The Morgan fingerprint density at radius 3 is 2.72 bits per heavy atom. The lowest BCUT2D eigenvalue weighted by atomic mass is 10.2. The predicted octanol–water partition coefficient (Wildman–Crippen LogP) is 1.63. The molecular formula is C13H17N3O2. The molecule has 0 fully saturated rings. The van der Waals surface area contributed by atoms with Gasteiger partial charge >= 0.3 is 0 Å². The highest BCUT2D eigenvalue weighted by Gasteiger charge is 2.01. The largest absolute Gasteiger partial charge is 0.490 e. The van der Waals surface area contributed by atoms with Crippen molar-refractivity contribution in [2.75, 3.05) is 13.2 Å². The number of H-pyrrole nitrogens is 1. The second kappa shape index (κ2) is 6.07. The highest BCUT2D eigenvalue weighted by molar-refractivity contribution is 5.32. The minimum atomic E-state index is 0.448. The van der Waals surface area contributed by atoms with E-state index in [0.717, 1.165) is 17.0 Å². The summed E-state index contributed by atoms with van der Waals surface area (Å²) in [7, 11) is 0. The summed E-state index contributed by atoms with van der Waals surface area (Å²) in [5.74, 6) is 1.39. The molecule has 18 heavy (non-hydrogen) atoms. The summed E-state index contributed by atoms with van der Waals surface area (Å²) in [6.45, 7) is 3.30. The van der Waals surface area contributed by atoms with E-state index in [1.54, 1.807) is 0 Å². The monoisotopic (exact) mass is 247 g/mol. The number of para-hydroxylation sites is 1. The van der Waals surface area contributed by atoms with Gasteiger partial charge in [0.2, 0.25) is 5.88 Å². The number of rotatable bonds is 6. The fourth-order valence-corrected chi connectivity index (χ4v) is 1.58. The van der Waals surface area contributed by atoms with Gasteiger partial charge < -0.3 is 15.2 Å². The Morgan fingerprint density at radius 1 is 1.22 bits per heavy atom. The van der Waals surface area contributed by atoms with Crippen LogP contribution in [0, 0.1) is 6.92 Å². The smallest absolute Gasteiger partial charge is 0.232 e. The van der Waals surface area contributed by atoms with Crippen LogP contribution in [0.25, 0.3) is 0 Å². The van der Waals surface area contributed by atoms with Gasteiger partial charge in [0.15, 0.2) is 0 Å². The summed E-state index contributed by atoms with van der Waals surface area (Å²) >= 11 is 0. The van der Waals surface area contributed by atoms with Crippen LogP contribution in [-0.2, 0) is 6.54 Å². The maximum atomic E-state index is 5.62. The third kappa shape index (κ3) is 3.24. The van der Waals surface area contributed by atoms with E-state index in [2.05, 4.69) is 10.2 Å². The van der Waals surface area contributed by atoms with E-state index in [-0.39, 0.29) is 0 Å². The number of hydrogen-bond donors (Lipinski definition) is 2. The number of nitrogens with one attached hydrogen (secondary N) is 1. The first kappa shape index (κ1) is 12.4. The molecule has 0 atom stereocenters. The molecule has 1 aromatic heterocycles. The normalized spacial score (nSPS) is 10.3. The molecule has 0 bridgehead atoms. The SMILES string of the molecule is Cc1cc(OCCOc2ccccc2CN)n[nH]1. The number of ether oxygens (including phenoxy) is 2. The summed E-state index contributed by atoms with van der Waals surface area (Å²) < 4.78 is 11.0. The lowest BCUT2D eigenvalue weighted by Crippen LogP contribution is -2.11. The average molecular weight is 247 g/mol. The van der Waals surface area contributed by atoms with Crippen LogP contribution in [0.15, 0.2) is 30.3 Å². The number of aromatic amines is 1. The third-order valence-electron chi connectivity index (χ3n) is 2.47. The molecule has 96 valence electrons. The Hall–Kier alpha value is -2.01. The van der Waals surface area contributed by atoms with Crippen LogP contribution in [-0.4, -0.2) is 23.4 Å². The van der Waals surface area contributed by atoms with E-state index < -0.39 is 0 Å². The standard InChI is InChI=1S/C13H17N3O2/c1-10-8-13(16-15-10)18-7-6-17-12-5-3-2-4-11(12)9-14/h2-5,8H,6-7,9,14H2,1H3,(H,15,16). The van der Waals surface area contributed by atoms with E-state index in [9.17, 15) is 0 Å². The zero-order valence-electron chi connectivity index (χ0n) is 10.3. The molecule has 2 rings (SSSR count). The van der Waals surface area contributed by atoms with Gasteiger partial charge in [-0.15, -0.1) is 5.10 Å². The van der Waals surface area contributed by atoms with Gasteiger partial charge in [0.25, 0.3) is 0 Å². The Labute approximate surface area is 106 Å². The van der Waals surface area contributed by atoms with Gasteiger partial charge in [-0.2, -0.15) is 0 Å². The van der Waals surface area contributed by atoms with Crippen molar-refractivity contribution in [1.82, 2.24) is 10.2 Å². The zero-order valence-corrected chi connectivity index (χ0v) is 10.3. The number of benzene rings is 1. The number of hydrogen-bond acceptors (Lipinski definition) is 4. The van der Waals surface area contributed by atoms with Crippen molar-refractivity contribution in [3.05, 3.63) is 41.6 Å². The first-order chi connectivity index (χ1) is 8.79. The van der Waals surface area contributed by atoms with Gasteiger partial charge in [-0.3, -0.25) is 5.10 Å². The van der Waals surface area contributed by atoms with Crippen molar-refractivity contribution >= 4 is 0 Å². The fraction of sp³-hybridized carbons (Fsp3) is 0.308. The summed E-state index contributed by atoms with van der Waals surface area (Å²) in [6.07, 6.45) is 0. The Balaban J connectivity index is 1.78. The van der Waals surface area contributed by atoms with Crippen LogP contribution in [0.2, 0.25) is 0 Å². The molecule has 0 unspecified atom stereocenters. The molecule has 0 radical (unpaired) electrons. The van der Waals surface area contributed by atoms with Gasteiger partial charge in [0.1, 0.15) is 19.0 Å². The molecule has 0 amide bonds. The van der Waals surface area contributed by atoms with Gasteiger partial charge in [0, 0.05) is 23.9 Å². The molecule has 1 aromatic carbocycles. The summed E-state index contributed by atoms with van der Waals surface area (Å²) in [4.78, 5) is 0. The van der Waals surface area contributed by atoms with Crippen LogP contribution < -0.4 is 15.2 Å². The fourth-order valence-electron chi connectivity index (χ4n) is 1.58. The lowest BCUT2D eigenvalue weighted by molar-refractivity contribution is 0.210. The number of nitrogens with two attached hydrogens (primary N) is 1. The molecule has 5 heteroatoms. The first-order valence-corrected chi connectivity index (χ1v) is 5.85. The quantitative estimate of drug-likeness (QED) is 0.761. The van der Waals surface area contributed by atoms with Gasteiger partial charge in [-0.05, 0) is 13.0 Å². The third-order valence-corrected chi connectivity index (χ3v) is 2.47. The molecule has 0 aliphatic heterocycles. The highest BCUT2D eigenvalue weighted by atomic mass is 16.5. The summed E-state index contributed by atoms with van der Waals surface area (Å²) in [6, 6.07) is 9.56. The molecule has 2 aromatic rings. The molecule has 0 aliphatic carbocycles. The molecule has 5 nitrogen and oxygen atoms in total. The minimum absolute atomic E-state index is 0.448. The topological polar surface area (TPSA) is 73.2 Å². The molecule has 0 aliphatic rings. The van der Waals surface area contributed by atoms with Gasteiger partial charge in [0.05, 0.1) is 0 Å². The predicted molar refractivity (Wildman–Crippen MR) is 68.6 cm³/mol. The van der Waals surface area contributed by atoms with Crippen LogP contribution in [0.3, 0.4) is 0 Å². The van der Waals surface area contributed by atoms with Crippen LogP contribution in [0.4, 0.5) is 0 Å². The molecule has 0 spiro atoms. The summed E-state index contributed by atoms with van der Waals surface area (Å²) in [5.41, 5.74) is 7.59. The van der Waals surface area contributed by atoms with Crippen molar-refractivity contribution in [2.24, 2.45) is 5.73 Å². The van der Waals surface area contributed by atoms with E-state index in [1.807, 2.05) is 37.3 Å². The maximum Gasteiger partial charge on any atom is 0.232 e. The Kier molecular flexibility index (Phi) is 4.20. The van der Waals surface area contributed by atoms with E-state index in [0.29, 0.717) is 25.6 Å². The zero-order chi connectivity index (χ0) is 12.8. The minimum Gasteiger partial charge on any atom is -0.490 e. The van der Waals surface area contributed by atoms with Crippen LogP contribution >= 0.6 is 0 Å². The van der Waals surface area contributed by atoms with Crippen molar-refractivity contribution < 1.29 is 9.47 Å². The van der Waals surface area contributed by atoms with Crippen LogP contribution in [0.5, 0.6) is 11.6 Å². The van der Waals surface area contributed by atoms with Crippen molar-refractivity contribution in [1.29, 1.82) is 0 Å². The number of nitrogens with zero attached hydrogens (tertiary/aromatic N) is 1. The lowest BCUT2D eigenvalue weighted by Gasteiger charge is -2.09. The van der Waals surface area contributed by atoms with Crippen molar-refractivity contribution in [3.8, 4) is 11.6 Å². The molecule has 0 saturated carbocycles. The molecule has 3 N–H and O–H groups in total. The van der Waals surface area contributed by atoms with Gasteiger partial charge in [-0.25, -0.2) is 0 Å². The number of aryl methyl sites for hydroxylation is 1. The van der Waals surface area contributed by atoms with Crippen molar-refractivity contribution in [2.45, 2.75) is 13.5 Å². The average Bonchev–Trinajstić information content (AvgIpc) is 2.81. The highest BCUT2D eigenvalue weighted by Crippen LogP contribution is 2.16.